The maximum Gasteiger partial charge on any atom is 0.332 e. The maximum absolute atomic E-state index is 12.4. The summed E-state index contributed by atoms with van der Waals surface area (Å²) in [6.07, 6.45) is 5.06. The van der Waals surface area contributed by atoms with Gasteiger partial charge in [-0.2, -0.15) is 5.48 Å². The van der Waals surface area contributed by atoms with Crippen LogP contribution in [0.4, 0.5) is 0 Å². The molecule has 1 amide bonds. The predicted molar refractivity (Wildman–Crippen MR) is 74.0 cm³/mol. The monoisotopic (exact) mass is 269 g/mol. The smallest absolute Gasteiger partial charge is 0.332 e. The van der Waals surface area contributed by atoms with Crippen LogP contribution in [-0.4, -0.2) is 11.9 Å². The highest BCUT2D eigenvalue weighted by Crippen LogP contribution is 2.45. The van der Waals surface area contributed by atoms with Gasteiger partial charge < -0.3 is 4.84 Å². The van der Waals surface area contributed by atoms with Crippen LogP contribution in [0.25, 0.3) is 0 Å². The van der Waals surface area contributed by atoms with Crippen molar-refractivity contribution < 1.29 is 14.4 Å². The fourth-order valence-corrected chi connectivity index (χ4v) is 3.04. The van der Waals surface area contributed by atoms with Gasteiger partial charge in [-0.3, -0.25) is 4.79 Å². The summed E-state index contributed by atoms with van der Waals surface area (Å²) in [5, 5.41) is 0. The van der Waals surface area contributed by atoms with Crippen molar-refractivity contribution >= 4 is 11.9 Å². The first-order chi connectivity index (χ1) is 8.92. The summed E-state index contributed by atoms with van der Waals surface area (Å²) in [6.45, 7) is 8.24. The molecule has 0 aromatic heterocycles. The molecule has 1 fully saturated rings. The van der Waals surface area contributed by atoms with Gasteiger partial charge in [0.1, 0.15) is 0 Å². The van der Waals surface area contributed by atoms with Gasteiger partial charge in [-0.15, -0.1) is 0 Å². The molecule has 2 unspecified atom stereocenters. The Balaban J connectivity index is 2.66. The first-order valence-electron chi connectivity index (χ1n) is 7.42. The van der Waals surface area contributed by atoms with Gasteiger partial charge in [-0.25, -0.2) is 4.79 Å². The van der Waals surface area contributed by atoms with E-state index in [1.807, 2.05) is 6.92 Å². The van der Waals surface area contributed by atoms with E-state index in [2.05, 4.69) is 26.3 Å². The first kappa shape index (κ1) is 16.0. The van der Waals surface area contributed by atoms with Gasteiger partial charge in [0, 0.05) is 6.42 Å². The third kappa shape index (κ3) is 3.95. The minimum Gasteiger partial charge on any atom is -0.341 e. The Hall–Kier alpha value is -1.06. The minimum absolute atomic E-state index is 0.126. The molecule has 0 aromatic rings. The zero-order valence-electron chi connectivity index (χ0n) is 12.6. The fraction of sp³-hybridized carbons (Fsp3) is 0.867. The number of rotatable bonds is 4. The molecule has 110 valence electrons. The van der Waals surface area contributed by atoms with Crippen molar-refractivity contribution in [1.29, 1.82) is 0 Å². The highest BCUT2D eigenvalue weighted by Gasteiger charge is 2.44. The standard InChI is InChI=1S/C15H27NO3/c1-5-7-13(17)19-16-14(18)15(11(2)3)9-6-8-12(4)10-15/h11-12H,5-10H2,1-4H3,(H,16,18). The van der Waals surface area contributed by atoms with Crippen LogP contribution < -0.4 is 5.48 Å². The molecule has 1 rings (SSSR count). The number of hydrogen-bond donors (Lipinski definition) is 1. The largest absolute Gasteiger partial charge is 0.341 e. The molecule has 19 heavy (non-hydrogen) atoms. The molecule has 0 bridgehead atoms. The molecule has 1 N–H and O–H groups in total. The molecule has 1 aliphatic rings. The van der Waals surface area contributed by atoms with Crippen LogP contribution in [0.1, 0.15) is 66.2 Å². The van der Waals surface area contributed by atoms with Crippen LogP contribution in [0.2, 0.25) is 0 Å². The van der Waals surface area contributed by atoms with Crippen molar-refractivity contribution in [2.24, 2.45) is 17.3 Å². The van der Waals surface area contributed by atoms with E-state index in [1.165, 1.54) is 6.42 Å². The average Bonchev–Trinajstić information content (AvgIpc) is 2.35. The molecule has 1 saturated carbocycles. The molecule has 0 saturated heterocycles. The lowest BCUT2D eigenvalue weighted by Crippen LogP contribution is -2.47. The van der Waals surface area contributed by atoms with E-state index in [1.54, 1.807) is 0 Å². The molecule has 0 aromatic carbocycles. The number of hydrogen-bond acceptors (Lipinski definition) is 3. The lowest BCUT2D eigenvalue weighted by molar-refractivity contribution is -0.165. The van der Waals surface area contributed by atoms with E-state index in [0.29, 0.717) is 12.3 Å². The SMILES string of the molecule is CCCC(=O)ONC(=O)C1(C(C)C)CCCC(C)C1. The van der Waals surface area contributed by atoms with Crippen molar-refractivity contribution in [3.8, 4) is 0 Å². The van der Waals surface area contributed by atoms with Crippen LogP contribution in [0.15, 0.2) is 0 Å². The van der Waals surface area contributed by atoms with E-state index in [4.69, 9.17) is 4.84 Å². The van der Waals surface area contributed by atoms with Gasteiger partial charge in [0.05, 0.1) is 5.41 Å². The summed E-state index contributed by atoms with van der Waals surface area (Å²) in [4.78, 5) is 28.6. The van der Waals surface area contributed by atoms with Crippen molar-refractivity contribution in [2.75, 3.05) is 0 Å². The first-order valence-corrected chi connectivity index (χ1v) is 7.42. The van der Waals surface area contributed by atoms with Crippen LogP contribution in [0.5, 0.6) is 0 Å². The zero-order chi connectivity index (χ0) is 14.5. The average molecular weight is 269 g/mol. The van der Waals surface area contributed by atoms with Gasteiger partial charge in [0.2, 0.25) is 0 Å². The summed E-state index contributed by atoms with van der Waals surface area (Å²) < 4.78 is 0. The van der Waals surface area contributed by atoms with E-state index in [0.717, 1.165) is 25.7 Å². The lowest BCUT2D eigenvalue weighted by atomic mass is 9.63. The highest BCUT2D eigenvalue weighted by atomic mass is 16.7. The van der Waals surface area contributed by atoms with E-state index < -0.39 is 0 Å². The third-order valence-corrected chi connectivity index (χ3v) is 4.30. The summed E-state index contributed by atoms with van der Waals surface area (Å²) in [6, 6.07) is 0. The number of carbonyl (C=O) groups is 2. The van der Waals surface area contributed by atoms with Crippen LogP contribution >= 0.6 is 0 Å². The number of amides is 1. The van der Waals surface area contributed by atoms with Crippen LogP contribution in [0.3, 0.4) is 0 Å². The van der Waals surface area contributed by atoms with Crippen LogP contribution in [0, 0.1) is 17.3 Å². The number of hydroxylamine groups is 1. The van der Waals surface area contributed by atoms with Gasteiger partial charge >= 0.3 is 5.97 Å². The Labute approximate surface area is 116 Å². The quantitative estimate of drug-likeness (QED) is 0.797. The summed E-state index contributed by atoms with van der Waals surface area (Å²) in [5.74, 6) is 0.311. The zero-order valence-corrected chi connectivity index (χ0v) is 12.6. The minimum atomic E-state index is -0.385. The second-order valence-electron chi connectivity index (χ2n) is 6.17. The second-order valence-corrected chi connectivity index (χ2v) is 6.17. The van der Waals surface area contributed by atoms with Crippen molar-refractivity contribution in [3.05, 3.63) is 0 Å². The Morgan fingerprint density at radius 2 is 2.11 bits per heavy atom. The van der Waals surface area contributed by atoms with Gasteiger partial charge in [0.15, 0.2) is 0 Å². The molecule has 0 spiro atoms. The molecular formula is C15H27NO3. The maximum atomic E-state index is 12.4. The Bertz CT molecular complexity index is 327. The van der Waals surface area contributed by atoms with Gasteiger partial charge in [0.25, 0.3) is 5.91 Å². The van der Waals surface area contributed by atoms with Crippen molar-refractivity contribution in [2.45, 2.75) is 66.2 Å². The summed E-state index contributed by atoms with van der Waals surface area (Å²) in [7, 11) is 0. The van der Waals surface area contributed by atoms with Crippen molar-refractivity contribution in [3.63, 3.8) is 0 Å². The predicted octanol–water partition coefficient (Wildman–Crippen LogP) is 3.21. The van der Waals surface area contributed by atoms with Crippen LogP contribution in [-0.2, 0) is 14.4 Å². The highest BCUT2D eigenvalue weighted by molar-refractivity contribution is 5.83. The second kappa shape index (κ2) is 6.92. The normalized spacial score (nSPS) is 27.1. The van der Waals surface area contributed by atoms with Crippen molar-refractivity contribution in [1.82, 2.24) is 5.48 Å². The number of nitrogens with one attached hydrogen (secondary N) is 1. The molecule has 4 heteroatoms. The third-order valence-electron chi connectivity index (χ3n) is 4.30. The van der Waals surface area contributed by atoms with E-state index in [-0.39, 0.29) is 23.2 Å². The van der Waals surface area contributed by atoms with E-state index >= 15 is 0 Å². The Kier molecular flexibility index (Phi) is 5.83. The molecule has 0 radical (unpaired) electrons. The molecule has 0 heterocycles. The molecule has 4 nitrogen and oxygen atoms in total. The lowest BCUT2D eigenvalue weighted by Gasteiger charge is -2.41. The van der Waals surface area contributed by atoms with E-state index in [9.17, 15) is 9.59 Å². The Morgan fingerprint density at radius 1 is 1.42 bits per heavy atom. The van der Waals surface area contributed by atoms with Gasteiger partial charge in [-0.1, -0.05) is 40.5 Å². The number of carbonyl (C=O) groups excluding carboxylic acids is 2. The van der Waals surface area contributed by atoms with Gasteiger partial charge in [-0.05, 0) is 31.1 Å². The topological polar surface area (TPSA) is 55.4 Å². The Morgan fingerprint density at radius 3 is 2.63 bits per heavy atom. The molecule has 2 atom stereocenters. The molecule has 0 aliphatic heterocycles. The summed E-state index contributed by atoms with van der Waals surface area (Å²) in [5.41, 5.74) is 2.01. The molecule has 1 aliphatic carbocycles. The fourth-order valence-electron chi connectivity index (χ4n) is 3.04. The summed E-state index contributed by atoms with van der Waals surface area (Å²) >= 11 is 0. The molecular weight excluding hydrogens is 242 g/mol.